The van der Waals surface area contributed by atoms with Crippen LogP contribution in [0, 0.1) is 0 Å². The second kappa shape index (κ2) is 8.30. The van der Waals surface area contributed by atoms with Crippen LogP contribution in [-0.4, -0.2) is 45.5 Å². The minimum atomic E-state index is 0.893. The van der Waals surface area contributed by atoms with E-state index < -0.39 is 0 Å². The third-order valence-corrected chi connectivity index (χ3v) is 5.09. The number of imidazole rings is 1. The van der Waals surface area contributed by atoms with Crippen LogP contribution in [0.15, 0.2) is 73.2 Å². The molecule has 1 aliphatic rings. The Bertz CT molecular complexity index is 789. The van der Waals surface area contributed by atoms with Crippen molar-refractivity contribution < 1.29 is 0 Å². The van der Waals surface area contributed by atoms with E-state index in [1.165, 1.54) is 16.8 Å². The minimum Gasteiger partial charge on any atom is -0.329 e. The van der Waals surface area contributed by atoms with Gasteiger partial charge in [0.25, 0.3) is 0 Å². The zero-order valence-corrected chi connectivity index (χ0v) is 15.2. The Morgan fingerprint density at radius 3 is 1.81 bits per heavy atom. The van der Waals surface area contributed by atoms with Crippen LogP contribution in [0.1, 0.15) is 16.8 Å². The van der Waals surface area contributed by atoms with Crippen molar-refractivity contribution in [1.82, 2.24) is 19.4 Å². The molecule has 2 aromatic carbocycles. The van der Waals surface area contributed by atoms with Crippen molar-refractivity contribution in [2.24, 2.45) is 0 Å². The molecule has 0 N–H and O–H groups in total. The molecule has 1 fully saturated rings. The van der Waals surface area contributed by atoms with Crippen molar-refractivity contribution in [3.63, 3.8) is 0 Å². The zero-order chi connectivity index (χ0) is 17.6. The van der Waals surface area contributed by atoms with Crippen molar-refractivity contribution in [3.8, 4) is 0 Å². The first-order chi connectivity index (χ1) is 12.9. The van der Waals surface area contributed by atoms with Crippen molar-refractivity contribution in [2.45, 2.75) is 19.6 Å². The maximum Gasteiger partial charge on any atom is 0.0951 e. The zero-order valence-electron chi connectivity index (χ0n) is 15.2. The highest BCUT2D eigenvalue weighted by molar-refractivity contribution is 5.16. The Hall–Kier alpha value is -2.43. The van der Waals surface area contributed by atoms with Crippen LogP contribution in [0.5, 0.6) is 0 Å². The number of nitrogens with zero attached hydrogens (tertiary/aromatic N) is 4. The first-order valence-electron chi connectivity index (χ1n) is 9.38. The SMILES string of the molecule is c1ccc(CN2CCN(Cc3cncn3Cc3ccccc3)CC2)cc1. The second-order valence-electron chi connectivity index (χ2n) is 7.04. The van der Waals surface area contributed by atoms with Crippen molar-refractivity contribution in [1.29, 1.82) is 0 Å². The van der Waals surface area contributed by atoms with Crippen LogP contribution < -0.4 is 0 Å². The minimum absolute atomic E-state index is 0.893. The van der Waals surface area contributed by atoms with Crippen molar-refractivity contribution >= 4 is 0 Å². The van der Waals surface area contributed by atoms with Gasteiger partial charge in [-0.3, -0.25) is 9.80 Å². The molecule has 0 unspecified atom stereocenters. The summed E-state index contributed by atoms with van der Waals surface area (Å²) in [5, 5.41) is 0. The van der Waals surface area contributed by atoms with Crippen LogP contribution >= 0.6 is 0 Å². The molecule has 0 aliphatic carbocycles. The maximum atomic E-state index is 4.38. The molecule has 4 nitrogen and oxygen atoms in total. The van der Waals surface area contributed by atoms with Crippen molar-refractivity contribution in [2.75, 3.05) is 26.2 Å². The van der Waals surface area contributed by atoms with Gasteiger partial charge in [0.05, 0.1) is 12.0 Å². The van der Waals surface area contributed by atoms with Gasteiger partial charge in [-0.15, -0.1) is 0 Å². The summed E-state index contributed by atoms with van der Waals surface area (Å²) in [6, 6.07) is 21.4. The van der Waals surface area contributed by atoms with Gasteiger partial charge in [-0.2, -0.15) is 0 Å². The number of benzene rings is 2. The summed E-state index contributed by atoms with van der Waals surface area (Å²) in [5.74, 6) is 0. The van der Waals surface area contributed by atoms with E-state index in [1.807, 2.05) is 12.5 Å². The molecule has 1 saturated heterocycles. The Labute approximate surface area is 155 Å². The first-order valence-corrected chi connectivity index (χ1v) is 9.38. The standard InChI is InChI=1S/C22H26N4/c1-3-7-20(8-4-1)16-24-11-13-25(14-12-24)18-22-15-23-19-26(22)17-21-9-5-2-6-10-21/h1-10,15,19H,11-14,16-18H2. The fraction of sp³-hybridized carbons (Fsp3) is 0.318. The predicted octanol–water partition coefficient (Wildman–Crippen LogP) is 3.25. The van der Waals surface area contributed by atoms with Crippen LogP contribution in [-0.2, 0) is 19.6 Å². The second-order valence-corrected chi connectivity index (χ2v) is 7.04. The summed E-state index contributed by atoms with van der Waals surface area (Å²) in [6.07, 6.45) is 3.97. The van der Waals surface area contributed by atoms with Gasteiger partial charge in [0, 0.05) is 52.0 Å². The lowest BCUT2D eigenvalue weighted by molar-refractivity contribution is 0.120. The third-order valence-electron chi connectivity index (χ3n) is 5.09. The molecule has 2 heterocycles. The molecule has 134 valence electrons. The van der Waals surface area contributed by atoms with E-state index >= 15 is 0 Å². The molecule has 0 bridgehead atoms. The Morgan fingerprint density at radius 2 is 1.19 bits per heavy atom. The molecule has 1 aliphatic heterocycles. The number of hydrogen-bond acceptors (Lipinski definition) is 3. The summed E-state index contributed by atoms with van der Waals surface area (Å²) in [7, 11) is 0. The first kappa shape index (κ1) is 17.0. The molecule has 0 saturated carbocycles. The van der Waals surface area contributed by atoms with E-state index in [4.69, 9.17) is 0 Å². The van der Waals surface area contributed by atoms with E-state index in [0.717, 1.165) is 45.8 Å². The van der Waals surface area contributed by atoms with E-state index in [2.05, 4.69) is 80.0 Å². The molecule has 0 amide bonds. The summed E-state index contributed by atoms with van der Waals surface area (Å²) in [4.78, 5) is 9.47. The number of rotatable bonds is 6. The molecule has 3 aromatic rings. The van der Waals surface area contributed by atoms with Crippen LogP contribution in [0.25, 0.3) is 0 Å². The fourth-order valence-corrected chi connectivity index (χ4v) is 3.58. The lowest BCUT2D eigenvalue weighted by atomic mass is 10.2. The smallest absolute Gasteiger partial charge is 0.0951 e. The Balaban J connectivity index is 1.30. The molecule has 1 aromatic heterocycles. The summed E-state index contributed by atoms with van der Waals surface area (Å²) in [5.41, 5.74) is 4.02. The van der Waals surface area contributed by atoms with Gasteiger partial charge < -0.3 is 4.57 Å². The van der Waals surface area contributed by atoms with Gasteiger partial charge in [0.15, 0.2) is 0 Å². The lowest BCUT2D eigenvalue weighted by Gasteiger charge is -2.34. The lowest BCUT2D eigenvalue weighted by Crippen LogP contribution is -2.45. The van der Waals surface area contributed by atoms with E-state index in [0.29, 0.717) is 0 Å². The van der Waals surface area contributed by atoms with Gasteiger partial charge in [-0.1, -0.05) is 60.7 Å². The molecular formula is C22H26N4. The van der Waals surface area contributed by atoms with Crippen LogP contribution in [0.4, 0.5) is 0 Å². The topological polar surface area (TPSA) is 24.3 Å². The monoisotopic (exact) mass is 346 g/mol. The quantitative estimate of drug-likeness (QED) is 0.685. The van der Waals surface area contributed by atoms with Crippen LogP contribution in [0.3, 0.4) is 0 Å². The predicted molar refractivity (Wildman–Crippen MR) is 105 cm³/mol. The third kappa shape index (κ3) is 4.40. The highest BCUT2D eigenvalue weighted by atomic mass is 15.3. The van der Waals surface area contributed by atoms with Gasteiger partial charge in [-0.25, -0.2) is 4.98 Å². The molecule has 0 spiro atoms. The normalized spacial score (nSPS) is 16.0. The maximum absolute atomic E-state index is 4.38. The van der Waals surface area contributed by atoms with Crippen LogP contribution in [0.2, 0.25) is 0 Å². The van der Waals surface area contributed by atoms with Crippen molar-refractivity contribution in [3.05, 3.63) is 90.0 Å². The fourth-order valence-electron chi connectivity index (χ4n) is 3.58. The number of hydrogen-bond donors (Lipinski definition) is 0. The average Bonchev–Trinajstić information content (AvgIpc) is 3.12. The molecule has 26 heavy (non-hydrogen) atoms. The summed E-state index contributed by atoms with van der Waals surface area (Å²) < 4.78 is 2.27. The van der Waals surface area contributed by atoms with E-state index in [1.54, 1.807) is 0 Å². The molecule has 0 atom stereocenters. The van der Waals surface area contributed by atoms with Gasteiger partial charge in [-0.05, 0) is 11.1 Å². The van der Waals surface area contributed by atoms with E-state index in [9.17, 15) is 0 Å². The molecular weight excluding hydrogens is 320 g/mol. The molecule has 4 heteroatoms. The number of piperazine rings is 1. The largest absolute Gasteiger partial charge is 0.329 e. The average molecular weight is 346 g/mol. The Morgan fingerprint density at radius 1 is 0.654 bits per heavy atom. The molecule has 0 radical (unpaired) electrons. The highest BCUT2D eigenvalue weighted by Crippen LogP contribution is 2.13. The summed E-state index contributed by atoms with van der Waals surface area (Å²) in [6.45, 7) is 7.41. The molecule has 4 rings (SSSR count). The Kier molecular flexibility index (Phi) is 5.43. The van der Waals surface area contributed by atoms with Gasteiger partial charge in [0.1, 0.15) is 0 Å². The van der Waals surface area contributed by atoms with E-state index in [-0.39, 0.29) is 0 Å². The highest BCUT2D eigenvalue weighted by Gasteiger charge is 2.18. The summed E-state index contributed by atoms with van der Waals surface area (Å²) >= 11 is 0. The number of aromatic nitrogens is 2. The van der Waals surface area contributed by atoms with Gasteiger partial charge >= 0.3 is 0 Å². The van der Waals surface area contributed by atoms with Gasteiger partial charge in [0.2, 0.25) is 0 Å².